The second-order valence-corrected chi connectivity index (χ2v) is 5.71. The summed E-state index contributed by atoms with van der Waals surface area (Å²) in [7, 11) is 2.46. The number of methoxy groups -OCH3 is 2. The highest BCUT2D eigenvalue weighted by Gasteiger charge is 2.19. The van der Waals surface area contributed by atoms with Crippen molar-refractivity contribution in [3.05, 3.63) is 65.1 Å². The van der Waals surface area contributed by atoms with Gasteiger partial charge in [0.2, 0.25) is 0 Å². The Kier molecular flexibility index (Phi) is 4.89. The highest BCUT2D eigenvalue weighted by atomic mass is 16.5. The molecule has 1 aromatic carbocycles. The monoisotopic (exact) mass is 367 g/mol. The van der Waals surface area contributed by atoms with Crippen LogP contribution < -0.4 is 5.32 Å². The summed E-state index contributed by atoms with van der Waals surface area (Å²) in [4.78, 5) is 40.9. The van der Waals surface area contributed by atoms with Gasteiger partial charge in [0.1, 0.15) is 11.3 Å². The van der Waals surface area contributed by atoms with E-state index < -0.39 is 17.8 Å². The van der Waals surface area contributed by atoms with Gasteiger partial charge in [0, 0.05) is 11.9 Å². The summed E-state index contributed by atoms with van der Waals surface area (Å²) >= 11 is 0. The maximum absolute atomic E-state index is 12.8. The number of amides is 1. The third-order valence-corrected chi connectivity index (χ3v) is 3.95. The fraction of sp³-hybridized carbons (Fsp3) is 0.158. The summed E-state index contributed by atoms with van der Waals surface area (Å²) in [6, 6.07) is 9.59. The third-order valence-electron chi connectivity index (χ3n) is 3.95. The molecule has 8 heteroatoms. The maximum atomic E-state index is 12.8. The van der Waals surface area contributed by atoms with Crippen molar-refractivity contribution in [3.63, 3.8) is 0 Å². The average molecular weight is 367 g/mol. The minimum atomic E-state index is -0.637. The first kappa shape index (κ1) is 18.1. The fourth-order valence-electron chi connectivity index (χ4n) is 2.75. The van der Waals surface area contributed by atoms with Crippen molar-refractivity contribution < 1.29 is 23.9 Å². The zero-order valence-corrected chi connectivity index (χ0v) is 15.0. The molecule has 8 nitrogen and oxygen atoms in total. The lowest BCUT2D eigenvalue weighted by atomic mass is 10.1. The van der Waals surface area contributed by atoms with Gasteiger partial charge in [-0.2, -0.15) is 0 Å². The topological polar surface area (TPSA) is 99.0 Å². The molecule has 0 saturated carbocycles. The van der Waals surface area contributed by atoms with Gasteiger partial charge in [-0.25, -0.2) is 14.6 Å². The van der Waals surface area contributed by atoms with Crippen LogP contribution in [0.1, 0.15) is 36.9 Å². The van der Waals surface area contributed by atoms with Gasteiger partial charge in [0.05, 0.1) is 31.0 Å². The van der Waals surface area contributed by atoms with Crippen molar-refractivity contribution in [2.45, 2.75) is 6.92 Å². The molecule has 27 heavy (non-hydrogen) atoms. The predicted octanol–water partition coefficient (Wildman–Crippen LogP) is 2.47. The van der Waals surface area contributed by atoms with Gasteiger partial charge in [-0.05, 0) is 37.3 Å². The van der Waals surface area contributed by atoms with Gasteiger partial charge >= 0.3 is 11.9 Å². The van der Waals surface area contributed by atoms with Crippen LogP contribution in [0.4, 0.5) is 5.69 Å². The van der Waals surface area contributed by atoms with E-state index in [-0.39, 0.29) is 16.8 Å². The number of esters is 2. The molecule has 1 amide bonds. The van der Waals surface area contributed by atoms with Crippen LogP contribution in [0.15, 0.2) is 42.6 Å². The van der Waals surface area contributed by atoms with Crippen LogP contribution in [0, 0.1) is 6.92 Å². The number of hydrogen-bond donors (Lipinski definition) is 1. The number of anilines is 1. The fourth-order valence-corrected chi connectivity index (χ4v) is 2.75. The Balaban J connectivity index is 2.01. The molecule has 3 aromatic rings. The number of benzene rings is 1. The maximum Gasteiger partial charge on any atom is 0.337 e. The normalized spacial score (nSPS) is 10.5. The summed E-state index contributed by atoms with van der Waals surface area (Å²) in [5, 5.41) is 2.70. The van der Waals surface area contributed by atoms with Crippen LogP contribution in [-0.2, 0) is 9.47 Å². The van der Waals surface area contributed by atoms with E-state index in [1.54, 1.807) is 29.7 Å². The Hall–Kier alpha value is -3.68. The van der Waals surface area contributed by atoms with E-state index in [9.17, 15) is 14.4 Å². The molecule has 2 aromatic heterocycles. The molecule has 0 unspecified atom stereocenters. The van der Waals surface area contributed by atoms with E-state index in [0.29, 0.717) is 17.0 Å². The van der Waals surface area contributed by atoms with Crippen LogP contribution in [0.3, 0.4) is 0 Å². The Bertz CT molecular complexity index is 1020. The van der Waals surface area contributed by atoms with Crippen LogP contribution in [0.2, 0.25) is 0 Å². The first-order valence-corrected chi connectivity index (χ1v) is 8.01. The number of imidazole rings is 1. The number of carbonyl (C=O) groups is 3. The number of hydrogen-bond acceptors (Lipinski definition) is 6. The number of nitrogens with one attached hydrogen (secondary N) is 1. The average Bonchev–Trinajstić information content (AvgIpc) is 3.02. The molecule has 0 aliphatic carbocycles. The molecule has 2 heterocycles. The van der Waals surface area contributed by atoms with Gasteiger partial charge in [0.25, 0.3) is 5.91 Å². The van der Waals surface area contributed by atoms with Crippen molar-refractivity contribution >= 4 is 29.2 Å². The number of carbonyl (C=O) groups excluding carboxylic acids is 3. The lowest BCUT2D eigenvalue weighted by Crippen LogP contribution is -2.17. The number of ether oxygens (including phenoxy) is 2. The Labute approximate surface area is 154 Å². The minimum Gasteiger partial charge on any atom is -0.465 e. The van der Waals surface area contributed by atoms with Crippen molar-refractivity contribution in [3.8, 4) is 0 Å². The van der Waals surface area contributed by atoms with Gasteiger partial charge in [0.15, 0.2) is 0 Å². The van der Waals surface area contributed by atoms with Gasteiger partial charge in [-0.15, -0.1) is 0 Å². The number of aryl methyl sites for hydroxylation is 1. The summed E-state index contributed by atoms with van der Waals surface area (Å²) < 4.78 is 11.1. The largest absolute Gasteiger partial charge is 0.465 e. The van der Waals surface area contributed by atoms with E-state index in [4.69, 9.17) is 9.47 Å². The molecule has 0 radical (unpaired) electrons. The number of fused-ring (bicyclic) bond motifs is 1. The van der Waals surface area contributed by atoms with Crippen LogP contribution in [0.25, 0.3) is 5.65 Å². The molecular formula is C19H17N3O5. The number of aromatic nitrogens is 2. The molecule has 0 fully saturated rings. The van der Waals surface area contributed by atoms with Gasteiger partial charge < -0.3 is 14.8 Å². The van der Waals surface area contributed by atoms with Gasteiger partial charge in [-0.1, -0.05) is 6.07 Å². The lowest BCUT2D eigenvalue weighted by Gasteiger charge is -2.10. The Morgan fingerprint density at radius 1 is 1.00 bits per heavy atom. The van der Waals surface area contributed by atoms with Crippen molar-refractivity contribution in [2.24, 2.45) is 0 Å². The van der Waals surface area contributed by atoms with E-state index in [0.717, 1.165) is 0 Å². The SMILES string of the molecule is COC(=O)c1cc(NC(=O)c2c(C)nc3ccccn23)cc(C(=O)OC)c1. The molecule has 0 spiro atoms. The first-order chi connectivity index (χ1) is 12.9. The second kappa shape index (κ2) is 7.28. The third kappa shape index (κ3) is 3.50. The zero-order valence-electron chi connectivity index (χ0n) is 15.0. The van der Waals surface area contributed by atoms with E-state index in [1.807, 2.05) is 6.07 Å². The predicted molar refractivity (Wildman–Crippen MR) is 97.0 cm³/mol. The molecule has 3 rings (SSSR count). The summed E-state index contributed by atoms with van der Waals surface area (Å²) in [5.74, 6) is -1.70. The molecule has 0 bridgehead atoms. The summed E-state index contributed by atoms with van der Waals surface area (Å²) in [6.45, 7) is 1.73. The van der Waals surface area contributed by atoms with E-state index >= 15 is 0 Å². The summed E-state index contributed by atoms with van der Waals surface area (Å²) in [6.07, 6.45) is 1.73. The molecular weight excluding hydrogens is 350 g/mol. The van der Waals surface area contributed by atoms with Crippen LogP contribution in [-0.4, -0.2) is 41.5 Å². The van der Waals surface area contributed by atoms with Crippen LogP contribution in [0.5, 0.6) is 0 Å². The number of nitrogens with zero attached hydrogens (tertiary/aromatic N) is 2. The number of rotatable bonds is 4. The molecule has 1 N–H and O–H groups in total. The van der Waals surface area contributed by atoms with Gasteiger partial charge in [-0.3, -0.25) is 9.20 Å². The van der Waals surface area contributed by atoms with Crippen molar-refractivity contribution in [1.29, 1.82) is 0 Å². The molecule has 0 aliphatic heterocycles. The Morgan fingerprint density at radius 2 is 1.63 bits per heavy atom. The smallest absolute Gasteiger partial charge is 0.337 e. The molecule has 0 aliphatic rings. The molecule has 0 atom stereocenters. The number of pyridine rings is 1. The quantitative estimate of drug-likeness (QED) is 0.711. The van der Waals surface area contributed by atoms with Crippen molar-refractivity contribution in [1.82, 2.24) is 9.38 Å². The summed E-state index contributed by atoms with van der Waals surface area (Å²) in [5.41, 5.74) is 2.04. The van der Waals surface area contributed by atoms with Crippen LogP contribution >= 0.6 is 0 Å². The lowest BCUT2D eigenvalue weighted by molar-refractivity contribution is 0.0599. The highest BCUT2D eigenvalue weighted by molar-refractivity contribution is 6.06. The highest BCUT2D eigenvalue weighted by Crippen LogP contribution is 2.19. The molecule has 0 saturated heterocycles. The van der Waals surface area contributed by atoms with E-state index in [2.05, 4.69) is 10.3 Å². The van der Waals surface area contributed by atoms with Crippen molar-refractivity contribution in [2.75, 3.05) is 19.5 Å². The Morgan fingerprint density at radius 3 is 2.22 bits per heavy atom. The standard InChI is InChI=1S/C19H17N3O5/c1-11-16(22-7-5-4-6-15(22)20-11)17(23)21-14-9-12(18(24)26-2)8-13(10-14)19(25)27-3/h4-10H,1-3H3,(H,21,23). The molecule has 138 valence electrons. The second-order valence-electron chi connectivity index (χ2n) is 5.71. The minimum absolute atomic E-state index is 0.116. The van der Waals surface area contributed by atoms with E-state index in [1.165, 1.54) is 32.4 Å². The zero-order chi connectivity index (χ0) is 19.6. The first-order valence-electron chi connectivity index (χ1n) is 8.01.